The Balaban J connectivity index is 1.66. The molecule has 0 aliphatic carbocycles. The quantitative estimate of drug-likeness (QED) is 0.906. The second-order valence-electron chi connectivity index (χ2n) is 5.91. The van der Waals surface area contributed by atoms with Crippen molar-refractivity contribution < 1.29 is 13.2 Å². The predicted octanol–water partition coefficient (Wildman–Crippen LogP) is 1.77. The van der Waals surface area contributed by atoms with Crippen molar-refractivity contribution in [1.29, 1.82) is 0 Å². The lowest BCUT2D eigenvalue weighted by atomic mass is 10.2. The number of rotatable bonds is 2. The average molecular weight is 336 g/mol. The Hall–Kier alpha value is -2.09. The van der Waals surface area contributed by atoms with Crippen LogP contribution >= 0.6 is 0 Å². The van der Waals surface area contributed by atoms with Crippen LogP contribution in [0, 0.1) is 0 Å². The molecule has 3 heterocycles. The van der Waals surface area contributed by atoms with E-state index in [4.69, 9.17) is 0 Å². The second kappa shape index (κ2) is 6.19. The third kappa shape index (κ3) is 3.64. The first kappa shape index (κ1) is 15.8. The van der Waals surface area contributed by atoms with Gasteiger partial charge in [-0.15, -0.1) is 0 Å². The topological polar surface area (TPSA) is 83.8 Å². The molecule has 2 aromatic rings. The van der Waals surface area contributed by atoms with Gasteiger partial charge in [-0.2, -0.15) is 0 Å². The van der Waals surface area contributed by atoms with Gasteiger partial charge in [0.15, 0.2) is 0 Å². The Morgan fingerprint density at radius 2 is 2.13 bits per heavy atom. The molecular formula is C15H20N4O3S. The molecule has 23 heavy (non-hydrogen) atoms. The molecule has 7 nitrogen and oxygen atoms in total. The van der Waals surface area contributed by atoms with Crippen LogP contribution in [0.3, 0.4) is 0 Å². The largest absolute Gasteiger partial charge is 0.324 e. The molecule has 1 aliphatic rings. The van der Waals surface area contributed by atoms with Gasteiger partial charge in [-0.05, 0) is 25.3 Å². The fourth-order valence-electron chi connectivity index (χ4n) is 2.89. The van der Waals surface area contributed by atoms with E-state index in [2.05, 4.69) is 10.3 Å². The average Bonchev–Trinajstić information content (AvgIpc) is 2.79. The zero-order valence-corrected chi connectivity index (χ0v) is 13.8. The molecule has 1 atom stereocenters. The van der Waals surface area contributed by atoms with Gasteiger partial charge in [-0.25, -0.2) is 18.2 Å². The minimum Gasteiger partial charge on any atom is -0.324 e. The fourth-order valence-corrected chi connectivity index (χ4v) is 4.02. The van der Waals surface area contributed by atoms with Crippen LogP contribution in [0.15, 0.2) is 30.7 Å². The van der Waals surface area contributed by atoms with Gasteiger partial charge >= 0.3 is 6.03 Å². The Morgan fingerprint density at radius 1 is 1.30 bits per heavy atom. The van der Waals surface area contributed by atoms with Crippen LogP contribution in [0.1, 0.15) is 19.3 Å². The van der Waals surface area contributed by atoms with Gasteiger partial charge < -0.3 is 14.6 Å². The maximum absolute atomic E-state index is 12.4. The summed E-state index contributed by atoms with van der Waals surface area (Å²) in [6.45, 7) is 1.03. The van der Waals surface area contributed by atoms with E-state index in [1.165, 1.54) is 6.26 Å². The van der Waals surface area contributed by atoms with E-state index < -0.39 is 9.84 Å². The van der Waals surface area contributed by atoms with Crippen LogP contribution in [0.25, 0.3) is 5.65 Å². The number of imidazole rings is 1. The summed E-state index contributed by atoms with van der Waals surface area (Å²) in [4.78, 5) is 18.3. The number of nitrogens with one attached hydrogen (secondary N) is 1. The smallest absolute Gasteiger partial charge is 0.321 e. The highest BCUT2D eigenvalue weighted by Gasteiger charge is 2.26. The molecule has 2 aromatic heterocycles. The highest BCUT2D eigenvalue weighted by Crippen LogP contribution is 2.18. The summed E-state index contributed by atoms with van der Waals surface area (Å²) >= 11 is 0. The molecule has 1 saturated heterocycles. The summed E-state index contributed by atoms with van der Waals surface area (Å²) in [5.74, 6) is 0. The number of sulfone groups is 1. The number of fused-ring (bicyclic) bond motifs is 1. The second-order valence-corrected chi connectivity index (χ2v) is 8.23. The van der Waals surface area contributed by atoms with Gasteiger partial charge in [0, 0.05) is 49.7 Å². The molecule has 0 radical (unpaired) electrons. The number of anilines is 1. The number of likely N-dealkylation sites (tertiary alicyclic amines) is 1. The molecule has 0 bridgehead atoms. The standard InChI is InChI=1S/C15H20N4O3S/c1-23(21,22)13-3-2-7-19(9-5-13)15(20)17-12-4-8-18-10-6-16-14(18)11-12/h4,6,8,10-11,13H,2-3,5,7,9H2,1H3,(H,17,20). The molecule has 1 unspecified atom stereocenters. The SMILES string of the molecule is CS(=O)(=O)C1CCCN(C(=O)Nc2ccn3ccnc3c2)CC1. The van der Waals surface area contributed by atoms with Gasteiger partial charge in [0.1, 0.15) is 15.5 Å². The van der Waals surface area contributed by atoms with Crippen LogP contribution in [-0.2, 0) is 9.84 Å². The number of carbonyl (C=O) groups excluding carboxylic acids is 1. The molecular weight excluding hydrogens is 316 g/mol. The summed E-state index contributed by atoms with van der Waals surface area (Å²) in [6, 6.07) is 3.41. The van der Waals surface area contributed by atoms with E-state index in [1.807, 2.05) is 22.9 Å². The number of carbonyl (C=O) groups is 1. The summed E-state index contributed by atoms with van der Waals surface area (Å²) in [5.41, 5.74) is 1.44. The third-order valence-corrected chi connectivity index (χ3v) is 5.90. The van der Waals surface area contributed by atoms with E-state index in [-0.39, 0.29) is 11.3 Å². The van der Waals surface area contributed by atoms with Gasteiger partial charge in [0.05, 0.1) is 5.25 Å². The van der Waals surface area contributed by atoms with E-state index in [9.17, 15) is 13.2 Å². The number of nitrogens with zero attached hydrogens (tertiary/aromatic N) is 3. The van der Waals surface area contributed by atoms with Crippen molar-refractivity contribution in [2.75, 3.05) is 24.7 Å². The van der Waals surface area contributed by atoms with Crippen molar-refractivity contribution in [2.24, 2.45) is 0 Å². The lowest BCUT2D eigenvalue weighted by Gasteiger charge is -2.21. The van der Waals surface area contributed by atoms with Crippen molar-refractivity contribution in [3.63, 3.8) is 0 Å². The highest BCUT2D eigenvalue weighted by molar-refractivity contribution is 7.91. The molecule has 1 aliphatic heterocycles. The van der Waals surface area contributed by atoms with Crippen LogP contribution in [0.5, 0.6) is 0 Å². The van der Waals surface area contributed by atoms with Crippen molar-refractivity contribution in [3.05, 3.63) is 30.7 Å². The number of urea groups is 1. The van der Waals surface area contributed by atoms with Gasteiger partial charge in [-0.3, -0.25) is 0 Å². The number of hydrogen-bond donors (Lipinski definition) is 1. The lowest BCUT2D eigenvalue weighted by Crippen LogP contribution is -2.36. The minimum atomic E-state index is -3.04. The Morgan fingerprint density at radius 3 is 2.91 bits per heavy atom. The number of pyridine rings is 1. The van der Waals surface area contributed by atoms with Crippen molar-refractivity contribution in [3.8, 4) is 0 Å². The summed E-state index contributed by atoms with van der Waals surface area (Å²) in [5, 5.41) is 2.51. The van der Waals surface area contributed by atoms with Crippen molar-refractivity contribution in [2.45, 2.75) is 24.5 Å². The number of aromatic nitrogens is 2. The van der Waals surface area contributed by atoms with Crippen LogP contribution < -0.4 is 5.32 Å². The predicted molar refractivity (Wildman–Crippen MR) is 88.3 cm³/mol. The molecule has 124 valence electrons. The highest BCUT2D eigenvalue weighted by atomic mass is 32.2. The van der Waals surface area contributed by atoms with Gasteiger partial charge in [0.25, 0.3) is 0 Å². The van der Waals surface area contributed by atoms with E-state index in [0.29, 0.717) is 38.0 Å². The maximum Gasteiger partial charge on any atom is 0.321 e. The molecule has 8 heteroatoms. The van der Waals surface area contributed by atoms with Crippen LogP contribution in [0.2, 0.25) is 0 Å². The van der Waals surface area contributed by atoms with Crippen molar-refractivity contribution in [1.82, 2.24) is 14.3 Å². The number of amides is 2. The van der Waals surface area contributed by atoms with E-state index in [1.54, 1.807) is 17.2 Å². The van der Waals surface area contributed by atoms with Crippen LogP contribution in [0.4, 0.5) is 10.5 Å². The Kier molecular flexibility index (Phi) is 4.25. The maximum atomic E-state index is 12.4. The Bertz CT molecular complexity index is 815. The zero-order chi connectivity index (χ0) is 16.4. The molecule has 1 fully saturated rings. The summed E-state index contributed by atoms with van der Waals surface area (Å²) in [7, 11) is -3.04. The normalized spacial score (nSPS) is 19.5. The first-order chi connectivity index (χ1) is 10.9. The van der Waals surface area contributed by atoms with Crippen molar-refractivity contribution >= 4 is 27.2 Å². The first-order valence-corrected chi connectivity index (χ1v) is 9.56. The lowest BCUT2D eigenvalue weighted by molar-refractivity contribution is 0.214. The van der Waals surface area contributed by atoms with Crippen LogP contribution in [-0.4, -0.2) is 53.3 Å². The molecule has 2 amide bonds. The Labute approximate surface area is 135 Å². The molecule has 3 rings (SSSR count). The summed E-state index contributed by atoms with van der Waals surface area (Å²) < 4.78 is 25.2. The third-order valence-electron chi connectivity index (χ3n) is 4.22. The summed E-state index contributed by atoms with van der Waals surface area (Å²) in [6.07, 6.45) is 8.44. The van der Waals surface area contributed by atoms with E-state index >= 15 is 0 Å². The zero-order valence-electron chi connectivity index (χ0n) is 13.0. The van der Waals surface area contributed by atoms with Gasteiger partial charge in [0.2, 0.25) is 0 Å². The first-order valence-electron chi connectivity index (χ1n) is 7.61. The monoisotopic (exact) mass is 336 g/mol. The molecule has 1 N–H and O–H groups in total. The van der Waals surface area contributed by atoms with Gasteiger partial charge in [-0.1, -0.05) is 0 Å². The molecule has 0 spiro atoms. The molecule has 0 aromatic carbocycles. The minimum absolute atomic E-state index is 0.199. The fraction of sp³-hybridized carbons (Fsp3) is 0.467. The number of hydrogen-bond acceptors (Lipinski definition) is 4. The molecule has 0 saturated carbocycles. The van der Waals surface area contributed by atoms with E-state index in [0.717, 1.165) is 5.65 Å².